The zero-order valence-electron chi connectivity index (χ0n) is 63.7. The van der Waals surface area contributed by atoms with Crippen LogP contribution >= 0.6 is 21.6 Å². The Morgan fingerprint density at radius 2 is 1.20 bits per heavy atom. The number of imidazole rings is 1. The first kappa shape index (κ1) is 91.0. The average Bonchev–Trinajstić information content (AvgIpc) is 0.918. The number of rotatable bonds is 25. The van der Waals surface area contributed by atoms with Crippen molar-refractivity contribution in [2.24, 2.45) is 23.3 Å². The second-order valence-corrected chi connectivity index (χ2v) is 30.2. The molecule has 3 aromatic carbocycles. The van der Waals surface area contributed by atoms with Crippen molar-refractivity contribution < 1.29 is 92.0 Å². The number of aromatic nitrogens is 3. The monoisotopic (exact) mass is 1620 g/mol. The maximum Gasteiger partial charge on any atom is 0.328 e. The molecule has 6 rings (SSSR count). The van der Waals surface area contributed by atoms with Gasteiger partial charge >= 0.3 is 11.9 Å². The van der Waals surface area contributed by atoms with Crippen molar-refractivity contribution in [1.29, 1.82) is 5.41 Å². The number of H-pyrrole nitrogens is 2. The third-order valence-electron chi connectivity index (χ3n) is 18.4. The molecule has 1 fully saturated rings. The summed E-state index contributed by atoms with van der Waals surface area (Å²) < 4.78 is 0. The van der Waals surface area contributed by atoms with Crippen LogP contribution in [-0.2, 0) is 96.0 Å². The number of primary amides is 1. The number of nitrogens with zero attached hydrogens (tertiary/aromatic N) is 1. The Morgan fingerprint density at radius 3 is 1.83 bits per heavy atom. The van der Waals surface area contributed by atoms with Crippen molar-refractivity contribution in [3.8, 4) is 0 Å². The van der Waals surface area contributed by atoms with E-state index < -0.39 is 228 Å². The van der Waals surface area contributed by atoms with Crippen molar-refractivity contribution >= 4 is 144 Å². The van der Waals surface area contributed by atoms with E-state index in [1.165, 1.54) is 46.4 Å². The minimum Gasteiger partial charge on any atom is -0.481 e. The molecule has 2 aromatic heterocycles. The SMILES string of the molecule is CC[C@H](C)[C@H](NC(C)=O)C(=O)N[C@H]1CSSC[C@@H](C(=O)N[C@H](C(=O)O)[C@@H](C)O)NC(=O)[C@H](CCCNC(=N)N)NC(=O)[C@H](Cc2c[nH]cn2)NC(=O)[C@H](C)NC(=O)CNC(=O)[C@H](Cc2c[nH]c3ccccc23)NC(=O)[C@H](CC(=O)O)NC(=O)[C@H](CCC(N)=O)NC(=O)[C@H](Cc2cccc3ccccc23)NC(=O)[C@H](C(C)C)NC1=O. The number of benzene rings is 3. The van der Waals surface area contributed by atoms with Crippen LogP contribution in [0.15, 0.2) is 85.5 Å². The van der Waals surface area contributed by atoms with Gasteiger partial charge in [0.05, 0.1) is 31.1 Å². The fraction of sp³-hybridized carbons (Fsp3) is 0.479. The molecule has 1 saturated heterocycles. The summed E-state index contributed by atoms with van der Waals surface area (Å²) in [5.74, 6) is -20.7. The van der Waals surface area contributed by atoms with E-state index in [-0.39, 0.29) is 44.3 Å². The Morgan fingerprint density at radius 1 is 0.623 bits per heavy atom. The van der Waals surface area contributed by atoms with E-state index in [9.17, 15) is 77.6 Å². The van der Waals surface area contributed by atoms with Gasteiger partial charge in [-0.3, -0.25) is 77.3 Å². The average molecular weight is 1630 g/mol. The first-order chi connectivity index (χ1) is 54.0. The van der Waals surface area contributed by atoms with Gasteiger partial charge in [-0.15, -0.1) is 0 Å². The van der Waals surface area contributed by atoms with Crippen molar-refractivity contribution in [2.45, 2.75) is 185 Å². The number of amides is 14. The fourth-order valence-electron chi connectivity index (χ4n) is 12.0. The van der Waals surface area contributed by atoms with Crippen molar-refractivity contribution in [2.75, 3.05) is 24.6 Å². The van der Waals surface area contributed by atoms with Gasteiger partial charge in [-0.2, -0.15) is 0 Å². The predicted octanol–water partition coefficient (Wildman–Crippen LogP) is -3.39. The quantitative estimate of drug-likeness (QED) is 0.0117. The van der Waals surface area contributed by atoms with Gasteiger partial charge in [0.15, 0.2) is 12.0 Å². The first-order valence-electron chi connectivity index (χ1n) is 36.6. The van der Waals surface area contributed by atoms with E-state index in [4.69, 9.17) is 16.9 Å². The number of aliphatic hydroxyl groups is 1. The number of hydrogen-bond donors (Lipinski definition) is 22. The molecular weight excluding hydrogens is 1530 g/mol. The van der Waals surface area contributed by atoms with Crippen LogP contribution in [0.4, 0.5) is 0 Å². The van der Waals surface area contributed by atoms with E-state index >= 15 is 14.4 Å². The lowest BCUT2D eigenvalue weighted by Gasteiger charge is -2.29. The number of carbonyl (C=O) groups excluding carboxylic acids is 14. The molecule has 0 bridgehead atoms. The lowest BCUT2D eigenvalue weighted by molar-refractivity contribution is -0.145. The third kappa shape index (κ3) is 28.4. The molecule has 114 heavy (non-hydrogen) atoms. The predicted molar refractivity (Wildman–Crippen MR) is 418 cm³/mol. The van der Waals surface area contributed by atoms with Crippen LogP contribution in [0, 0.1) is 17.2 Å². The van der Waals surface area contributed by atoms with Gasteiger partial charge in [0.25, 0.3) is 0 Å². The van der Waals surface area contributed by atoms with Crippen molar-refractivity contribution in [3.63, 3.8) is 0 Å². The molecule has 3 heterocycles. The fourth-order valence-corrected chi connectivity index (χ4v) is 14.3. The lowest BCUT2D eigenvalue weighted by atomic mass is 9.96. The highest BCUT2D eigenvalue weighted by molar-refractivity contribution is 8.76. The molecule has 39 nitrogen and oxygen atoms in total. The summed E-state index contributed by atoms with van der Waals surface area (Å²) >= 11 is 0. The van der Waals surface area contributed by atoms with Crippen LogP contribution in [0.2, 0.25) is 0 Å². The number of fused-ring (bicyclic) bond motifs is 2. The number of nitrogens with two attached hydrogens (primary N) is 2. The second kappa shape index (κ2) is 44.4. The summed E-state index contributed by atoms with van der Waals surface area (Å²) in [4.78, 5) is 235. The van der Waals surface area contributed by atoms with Crippen LogP contribution in [0.5, 0.6) is 0 Å². The van der Waals surface area contributed by atoms with Crippen LogP contribution in [-0.4, -0.2) is 234 Å². The summed E-state index contributed by atoms with van der Waals surface area (Å²) in [6.45, 7) is 8.97. The molecule has 0 spiro atoms. The maximum atomic E-state index is 15.2. The van der Waals surface area contributed by atoms with Crippen LogP contribution in [0.1, 0.15) is 104 Å². The van der Waals surface area contributed by atoms with E-state index in [1.807, 2.05) is 0 Å². The van der Waals surface area contributed by atoms with Gasteiger partial charge in [-0.25, -0.2) is 9.78 Å². The number of guanidine groups is 1. The minimum atomic E-state index is -2.06. The highest BCUT2D eigenvalue weighted by Gasteiger charge is 2.39. The van der Waals surface area contributed by atoms with Crippen LogP contribution < -0.4 is 85.9 Å². The minimum absolute atomic E-state index is 0.0203. The number of para-hydroxylation sites is 1. The number of aromatic amines is 2. The highest BCUT2D eigenvalue weighted by atomic mass is 33.1. The number of carbonyl (C=O) groups is 16. The Balaban J connectivity index is 1.48. The van der Waals surface area contributed by atoms with E-state index in [0.717, 1.165) is 28.5 Å². The molecule has 0 radical (unpaired) electrons. The molecular formula is C73H100N20O19S2. The molecule has 14 amide bonds. The first-order valence-corrected chi connectivity index (χ1v) is 39.1. The summed E-state index contributed by atoms with van der Waals surface area (Å²) in [5.41, 5.74) is 12.8. The molecule has 14 atom stereocenters. The van der Waals surface area contributed by atoms with E-state index in [2.05, 4.69) is 89.4 Å². The van der Waals surface area contributed by atoms with Crippen molar-refractivity contribution in [3.05, 3.63) is 102 Å². The summed E-state index contributed by atoms with van der Waals surface area (Å²) in [5, 5.41) is 75.4. The van der Waals surface area contributed by atoms with Gasteiger partial charge in [0.2, 0.25) is 82.7 Å². The van der Waals surface area contributed by atoms with E-state index in [1.54, 1.807) is 80.6 Å². The highest BCUT2D eigenvalue weighted by Crippen LogP contribution is 2.26. The van der Waals surface area contributed by atoms with Gasteiger partial charge < -0.3 is 111 Å². The van der Waals surface area contributed by atoms with Crippen molar-refractivity contribution in [1.82, 2.24) is 89.4 Å². The Bertz CT molecular complexity index is 4290. The van der Waals surface area contributed by atoms with E-state index in [0.29, 0.717) is 39.2 Å². The zero-order chi connectivity index (χ0) is 84.0. The summed E-state index contributed by atoms with van der Waals surface area (Å²) in [7, 11) is 1.59. The number of hydrogen-bond acceptors (Lipinski definition) is 21. The molecule has 1 aliphatic heterocycles. The number of carboxylic acids is 2. The molecule has 24 N–H and O–H groups in total. The van der Waals surface area contributed by atoms with Crippen LogP contribution in [0.3, 0.4) is 0 Å². The smallest absolute Gasteiger partial charge is 0.328 e. The zero-order valence-corrected chi connectivity index (χ0v) is 65.4. The second-order valence-electron chi connectivity index (χ2n) is 27.7. The van der Waals surface area contributed by atoms with Crippen LogP contribution in [0.25, 0.3) is 21.7 Å². The van der Waals surface area contributed by atoms with Gasteiger partial charge in [0, 0.05) is 74.0 Å². The Kier molecular flexibility index (Phi) is 35.4. The molecule has 5 aromatic rings. The maximum absolute atomic E-state index is 15.2. The number of aliphatic hydroxyl groups excluding tert-OH is 1. The normalized spacial score (nSPS) is 22.5. The third-order valence-corrected chi connectivity index (χ3v) is 20.8. The number of aliphatic carboxylic acids is 2. The van der Waals surface area contributed by atoms with Gasteiger partial charge in [-0.1, -0.05) is 116 Å². The Labute approximate surface area is 662 Å². The van der Waals surface area contributed by atoms with Gasteiger partial charge in [0.1, 0.15) is 66.5 Å². The number of nitrogens with one attached hydrogen (secondary N) is 17. The summed E-state index contributed by atoms with van der Waals surface area (Å²) in [6.07, 6.45) is -0.920. The molecule has 0 saturated carbocycles. The topological polar surface area (TPSA) is 623 Å². The molecule has 618 valence electrons. The summed E-state index contributed by atoms with van der Waals surface area (Å²) in [6, 6.07) is -1.41. The Hall–Kier alpha value is -11.9. The molecule has 1 aliphatic rings. The molecule has 0 unspecified atom stereocenters. The van der Waals surface area contributed by atoms with Gasteiger partial charge in [-0.05, 0) is 72.9 Å². The lowest BCUT2D eigenvalue weighted by Crippen LogP contribution is -2.61. The number of carboxylic acid groups (broad SMARTS) is 2. The molecule has 0 aliphatic carbocycles. The standard InChI is InChI=1S/C73H100N20O19S2/c1-8-36(4)59(83-39(7)95)71(110)91-54-33-114-113-32-53(69(108)93-60(38(6)94)72(111)112)90-63(102)47(21-14-24-78-73(75)76)84-66(105)51(27-43-30-77-34-81-43)86-61(100)37(5)82-56(97)31-80-62(101)49(26-42-29-79-46-20-12-11-19-45(42)46)87-67(106)52(28-57(98)99)88-64(103)48(22-23-55(74)96)85-65(104)50(89-70(109)58(35(2)3)92-68(54)107)25-41-17-13-16-40-15-9-10-18-44(40)41/h9-13,15-20,29-30,34-38,47-54,58-60,79,94H,8,14,21-28,31-33H2,1-7H3,(H2,74,96)(H,77,81)(H,80,101)(H,82,97)(H,83,95)(H,84,105)(H,85,104)(H,86,100)(H,87,106)(H,88,103)(H,89,109)(H,90,102)(H,91,110)(H,92,107)(H,93,108)(H,98,99)(H,111,112)(H4,75,76,78)/t36-,37-,38+,47-,48-,49-,50-,51-,52-,53-,54-,58-,59-,60-/m0/s1. The molecule has 41 heteroatoms. The largest absolute Gasteiger partial charge is 0.481 e.